The summed E-state index contributed by atoms with van der Waals surface area (Å²) >= 11 is 0. The van der Waals surface area contributed by atoms with E-state index >= 15 is 0 Å². The van der Waals surface area contributed by atoms with E-state index in [1.807, 2.05) is 49.4 Å². The number of ketones is 1. The molecule has 1 aliphatic rings. The second kappa shape index (κ2) is 8.35. The third-order valence-corrected chi connectivity index (χ3v) is 5.61. The number of Topliss-reactive ketones (excluding diaryl/α,β-unsaturated/α-hetero) is 1. The van der Waals surface area contributed by atoms with Crippen LogP contribution in [-0.2, 0) is 14.3 Å². The molecule has 2 aromatic heterocycles. The standard InChI is InChI=1S/C24H25N3O4/c1-15-8-10-17(11-9-15)21-19(23(29)24(30)27(21)13-6-14-31-3)22(28)20-16(2)25-18-7-4-5-12-26(18)20/h4-5,7-12,21,28H,6,13-14H2,1-3H3/b22-19+. The Labute approximate surface area is 180 Å². The van der Waals surface area contributed by atoms with Gasteiger partial charge in [-0.15, -0.1) is 0 Å². The van der Waals surface area contributed by atoms with E-state index in [-0.39, 0.29) is 11.3 Å². The first-order valence-corrected chi connectivity index (χ1v) is 10.2. The molecule has 1 N–H and O–H groups in total. The van der Waals surface area contributed by atoms with Gasteiger partial charge in [0.25, 0.3) is 11.7 Å². The Morgan fingerprint density at radius 1 is 1.13 bits per heavy atom. The summed E-state index contributed by atoms with van der Waals surface area (Å²) in [4.78, 5) is 32.1. The van der Waals surface area contributed by atoms with Gasteiger partial charge in [-0.2, -0.15) is 0 Å². The molecular formula is C24H25N3O4. The van der Waals surface area contributed by atoms with E-state index in [0.717, 1.165) is 11.1 Å². The Morgan fingerprint density at radius 2 is 1.87 bits per heavy atom. The predicted octanol–water partition coefficient (Wildman–Crippen LogP) is 3.41. The highest BCUT2D eigenvalue weighted by Crippen LogP contribution is 2.40. The number of rotatable bonds is 6. The number of hydrogen-bond acceptors (Lipinski definition) is 5. The zero-order valence-electron chi connectivity index (χ0n) is 17.8. The number of likely N-dealkylation sites (tertiary alicyclic amines) is 1. The topological polar surface area (TPSA) is 84.1 Å². The Hall–Kier alpha value is -3.45. The van der Waals surface area contributed by atoms with Gasteiger partial charge in [0.2, 0.25) is 0 Å². The number of amides is 1. The van der Waals surface area contributed by atoms with Crippen LogP contribution in [0.1, 0.15) is 35.0 Å². The van der Waals surface area contributed by atoms with Gasteiger partial charge < -0.3 is 14.7 Å². The second-order valence-electron chi connectivity index (χ2n) is 7.72. The van der Waals surface area contributed by atoms with Gasteiger partial charge in [-0.25, -0.2) is 4.98 Å². The van der Waals surface area contributed by atoms with Gasteiger partial charge in [-0.1, -0.05) is 35.9 Å². The van der Waals surface area contributed by atoms with Gasteiger partial charge in [0.15, 0.2) is 5.76 Å². The number of carbonyl (C=O) groups excluding carboxylic acids is 2. The van der Waals surface area contributed by atoms with E-state index < -0.39 is 17.7 Å². The number of aliphatic hydroxyl groups excluding tert-OH is 1. The van der Waals surface area contributed by atoms with E-state index in [1.54, 1.807) is 24.6 Å². The first kappa shape index (κ1) is 20.8. The van der Waals surface area contributed by atoms with Gasteiger partial charge in [-0.3, -0.25) is 14.0 Å². The number of pyridine rings is 1. The van der Waals surface area contributed by atoms with Crippen molar-refractivity contribution in [2.75, 3.05) is 20.3 Å². The molecule has 7 heteroatoms. The minimum Gasteiger partial charge on any atom is -0.505 e. The van der Waals surface area contributed by atoms with Crippen LogP contribution in [-0.4, -0.2) is 51.3 Å². The SMILES string of the molecule is COCCCN1C(=O)C(=O)/C(=C(/O)c2c(C)nc3ccccn23)C1c1ccc(C)cc1. The smallest absolute Gasteiger partial charge is 0.295 e. The maximum Gasteiger partial charge on any atom is 0.295 e. The van der Waals surface area contributed by atoms with Gasteiger partial charge in [-0.05, 0) is 38.0 Å². The van der Waals surface area contributed by atoms with E-state index in [4.69, 9.17) is 4.74 Å². The van der Waals surface area contributed by atoms with Crippen molar-refractivity contribution >= 4 is 23.1 Å². The number of aromatic nitrogens is 2. The van der Waals surface area contributed by atoms with Crippen molar-refractivity contribution in [2.45, 2.75) is 26.3 Å². The minimum atomic E-state index is -0.689. The van der Waals surface area contributed by atoms with Gasteiger partial charge in [0.1, 0.15) is 11.3 Å². The number of ether oxygens (including phenoxy) is 1. The fourth-order valence-electron chi connectivity index (χ4n) is 4.11. The van der Waals surface area contributed by atoms with Crippen LogP contribution in [0.25, 0.3) is 11.4 Å². The molecule has 1 amide bonds. The normalized spacial score (nSPS) is 18.3. The van der Waals surface area contributed by atoms with Crippen molar-refractivity contribution < 1.29 is 19.4 Å². The van der Waals surface area contributed by atoms with E-state index in [2.05, 4.69) is 4.98 Å². The molecule has 0 spiro atoms. The summed E-state index contributed by atoms with van der Waals surface area (Å²) in [6.45, 7) is 4.56. The third kappa shape index (κ3) is 3.61. The fraction of sp³-hybridized carbons (Fsp3) is 0.292. The van der Waals surface area contributed by atoms with Crippen LogP contribution < -0.4 is 0 Å². The van der Waals surface area contributed by atoms with Crippen LogP contribution in [0.2, 0.25) is 0 Å². The molecule has 1 aliphatic heterocycles. The Kier molecular flexibility index (Phi) is 5.61. The lowest BCUT2D eigenvalue weighted by atomic mass is 9.95. The van der Waals surface area contributed by atoms with Gasteiger partial charge in [0, 0.05) is 26.5 Å². The summed E-state index contributed by atoms with van der Waals surface area (Å²) < 4.78 is 6.85. The van der Waals surface area contributed by atoms with Crippen molar-refractivity contribution in [2.24, 2.45) is 0 Å². The molecule has 3 aromatic rings. The molecular weight excluding hydrogens is 394 g/mol. The first-order valence-electron chi connectivity index (χ1n) is 10.2. The highest BCUT2D eigenvalue weighted by molar-refractivity contribution is 6.46. The number of aliphatic hydroxyl groups is 1. The lowest BCUT2D eigenvalue weighted by Gasteiger charge is -2.25. The monoisotopic (exact) mass is 419 g/mol. The number of aryl methyl sites for hydroxylation is 2. The molecule has 1 atom stereocenters. The Morgan fingerprint density at radius 3 is 2.58 bits per heavy atom. The number of fused-ring (bicyclic) bond motifs is 1. The molecule has 0 radical (unpaired) electrons. The van der Waals surface area contributed by atoms with Crippen LogP contribution in [0.3, 0.4) is 0 Å². The summed E-state index contributed by atoms with van der Waals surface area (Å²) in [5.74, 6) is -1.52. The quantitative estimate of drug-likeness (QED) is 0.287. The predicted molar refractivity (Wildman–Crippen MR) is 117 cm³/mol. The molecule has 4 rings (SSSR count). The molecule has 31 heavy (non-hydrogen) atoms. The number of benzene rings is 1. The number of nitrogens with zero attached hydrogens (tertiary/aromatic N) is 3. The van der Waals surface area contributed by atoms with Crippen LogP contribution in [0, 0.1) is 13.8 Å². The van der Waals surface area contributed by atoms with Crippen molar-refractivity contribution in [1.82, 2.24) is 14.3 Å². The molecule has 1 fully saturated rings. The average molecular weight is 419 g/mol. The van der Waals surface area contributed by atoms with Crippen LogP contribution in [0.15, 0.2) is 54.2 Å². The maximum atomic E-state index is 13.1. The molecule has 1 unspecified atom stereocenters. The molecule has 1 aromatic carbocycles. The molecule has 7 nitrogen and oxygen atoms in total. The number of methoxy groups -OCH3 is 1. The number of hydrogen-bond donors (Lipinski definition) is 1. The summed E-state index contributed by atoms with van der Waals surface area (Å²) in [6.07, 6.45) is 2.36. The number of carbonyl (C=O) groups is 2. The van der Waals surface area contributed by atoms with Gasteiger partial charge >= 0.3 is 0 Å². The average Bonchev–Trinajstić information content (AvgIpc) is 3.22. The molecule has 3 heterocycles. The van der Waals surface area contributed by atoms with Crippen LogP contribution >= 0.6 is 0 Å². The van der Waals surface area contributed by atoms with Crippen molar-refractivity contribution in [1.29, 1.82) is 0 Å². The Balaban J connectivity index is 1.90. The summed E-state index contributed by atoms with van der Waals surface area (Å²) in [5, 5.41) is 11.3. The van der Waals surface area contributed by atoms with Crippen molar-refractivity contribution in [3.8, 4) is 0 Å². The zero-order chi connectivity index (χ0) is 22.1. The van der Waals surface area contributed by atoms with E-state index in [9.17, 15) is 14.7 Å². The highest BCUT2D eigenvalue weighted by atomic mass is 16.5. The lowest BCUT2D eigenvalue weighted by Crippen LogP contribution is -2.31. The van der Waals surface area contributed by atoms with Crippen molar-refractivity contribution in [3.63, 3.8) is 0 Å². The summed E-state index contributed by atoms with van der Waals surface area (Å²) in [6, 6.07) is 12.5. The molecule has 0 aliphatic carbocycles. The van der Waals surface area contributed by atoms with Crippen molar-refractivity contribution in [3.05, 3.63) is 76.7 Å². The first-order chi connectivity index (χ1) is 14.9. The Bertz CT molecular complexity index is 1180. The van der Waals surface area contributed by atoms with Crippen LogP contribution in [0.4, 0.5) is 0 Å². The highest BCUT2D eigenvalue weighted by Gasteiger charge is 2.46. The molecule has 0 bridgehead atoms. The minimum absolute atomic E-state index is 0.0834. The molecule has 160 valence electrons. The van der Waals surface area contributed by atoms with Gasteiger partial charge in [0.05, 0.1) is 17.3 Å². The van der Waals surface area contributed by atoms with Crippen LogP contribution in [0.5, 0.6) is 0 Å². The zero-order valence-corrected chi connectivity index (χ0v) is 17.8. The summed E-state index contributed by atoms with van der Waals surface area (Å²) in [7, 11) is 1.60. The molecule has 1 saturated heterocycles. The largest absolute Gasteiger partial charge is 0.505 e. The van der Waals surface area contributed by atoms with E-state index in [1.165, 1.54) is 4.90 Å². The van der Waals surface area contributed by atoms with E-state index in [0.29, 0.717) is 36.6 Å². The second-order valence-corrected chi connectivity index (χ2v) is 7.72. The molecule has 0 saturated carbocycles. The number of imidazole rings is 1. The lowest BCUT2D eigenvalue weighted by molar-refractivity contribution is -0.140. The summed E-state index contributed by atoms with van der Waals surface area (Å²) in [5.41, 5.74) is 3.58. The maximum absolute atomic E-state index is 13.1. The fourth-order valence-corrected chi connectivity index (χ4v) is 4.11. The third-order valence-electron chi connectivity index (χ3n) is 5.61.